The highest BCUT2D eigenvalue weighted by molar-refractivity contribution is 6.01. The zero-order chi connectivity index (χ0) is 21.4. The summed E-state index contributed by atoms with van der Waals surface area (Å²) < 4.78 is 6.89. The molecule has 31 heavy (non-hydrogen) atoms. The summed E-state index contributed by atoms with van der Waals surface area (Å²) >= 11 is 0. The first-order valence-electron chi connectivity index (χ1n) is 9.65. The number of carbonyl (C=O) groups is 1. The number of para-hydroxylation sites is 1. The van der Waals surface area contributed by atoms with Gasteiger partial charge in [-0.15, -0.1) is 0 Å². The van der Waals surface area contributed by atoms with Gasteiger partial charge in [0.1, 0.15) is 23.5 Å². The van der Waals surface area contributed by atoms with Crippen molar-refractivity contribution in [3.8, 4) is 11.3 Å². The molecule has 5 rings (SSSR count). The lowest BCUT2D eigenvalue weighted by Gasteiger charge is -2.09. The number of amides is 1. The zero-order valence-corrected chi connectivity index (χ0v) is 16.6. The lowest BCUT2D eigenvalue weighted by atomic mass is 10.1. The minimum absolute atomic E-state index is 0.137. The second kappa shape index (κ2) is 7.49. The van der Waals surface area contributed by atoms with Crippen LogP contribution in [0.1, 0.15) is 5.82 Å². The van der Waals surface area contributed by atoms with Crippen LogP contribution >= 0.6 is 0 Å². The summed E-state index contributed by atoms with van der Waals surface area (Å²) in [6, 6.07) is 16.4. The average Bonchev–Trinajstić information content (AvgIpc) is 3.15. The highest BCUT2D eigenvalue weighted by atomic mass is 16.3. The number of rotatable bonds is 4. The number of nitrogens with one attached hydrogen (secondary N) is 1. The first-order valence-corrected chi connectivity index (χ1v) is 9.65. The predicted molar refractivity (Wildman–Crippen MR) is 117 cm³/mol. The number of aromatic nitrogens is 4. The van der Waals surface area contributed by atoms with E-state index in [9.17, 15) is 9.59 Å². The fourth-order valence-corrected chi connectivity index (χ4v) is 3.46. The van der Waals surface area contributed by atoms with Crippen molar-refractivity contribution in [3.05, 3.63) is 83.3 Å². The quantitative estimate of drug-likeness (QED) is 0.485. The molecule has 0 saturated carbocycles. The van der Waals surface area contributed by atoms with Crippen molar-refractivity contribution in [2.24, 2.45) is 0 Å². The van der Waals surface area contributed by atoms with E-state index >= 15 is 0 Å². The topological polar surface area (TPSA) is 103 Å². The molecule has 0 bridgehead atoms. The predicted octanol–water partition coefficient (Wildman–Crippen LogP) is 3.55. The third kappa shape index (κ3) is 3.55. The molecular weight excluding hydrogens is 394 g/mol. The largest absolute Gasteiger partial charge is 0.448 e. The molecule has 0 aliphatic carbocycles. The van der Waals surface area contributed by atoms with Crippen molar-refractivity contribution in [2.45, 2.75) is 13.5 Å². The average molecular weight is 411 g/mol. The highest BCUT2D eigenvalue weighted by Gasteiger charge is 2.14. The Bertz CT molecular complexity index is 1500. The lowest BCUT2D eigenvalue weighted by Crippen LogP contribution is -2.27. The molecule has 0 fully saturated rings. The third-order valence-corrected chi connectivity index (χ3v) is 4.88. The minimum Gasteiger partial charge on any atom is -0.448 e. The van der Waals surface area contributed by atoms with Crippen LogP contribution in [0.3, 0.4) is 0 Å². The van der Waals surface area contributed by atoms with Gasteiger partial charge in [-0.1, -0.05) is 24.3 Å². The van der Waals surface area contributed by atoms with Gasteiger partial charge in [0.25, 0.3) is 5.56 Å². The Balaban J connectivity index is 1.39. The number of fused-ring (bicyclic) bond motifs is 3. The summed E-state index contributed by atoms with van der Waals surface area (Å²) in [5.74, 6) is 0.315. The van der Waals surface area contributed by atoms with E-state index in [-0.39, 0.29) is 18.0 Å². The van der Waals surface area contributed by atoms with Crippen LogP contribution in [-0.4, -0.2) is 25.4 Å². The van der Waals surface area contributed by atoms with Crippen LogP contribution in [-0.2, 0) is 11.3 Å². The Morgan fingerprint density at radius 1 is 1.10 bits per heavy atom. The highest BCUT2D eigenvalue weighted by Crippen LogP contribution is 2.24. The van der Waals surface area contributed by atoms with E-state index in [1.54, 1.807) is 18.3 Å². The minimum atomic E-state index is -0.401. The van der Waals surface area contributed by atoms with Crippen LogP contribution in [0, 0.1) is 6.92 Å². The van der Waals surface area contributed by atoms with Crippen LogP contribution in [0.15, 0.2) is 76.3 Å². The standard InChI is InChI=1S/C23H17N5O3/c1-14-24-10-9-18(26-14)15-5-4-6-16(11-15)27-20(29)12-28-13-25-21-17-7-2-3-8-19(17)31-22(21)23(28)30/h2-11,13H,12H2,1H3,(H,27,29). The van der Waals surface area contributed by atoms with E-state index in [0.717, 1.165) is 16.6 Å². The summed E-state index contributed by atoms with van der Waals surface area (Å²) in [5, 5.41) is 3.58. The maximum atomic E-state index is 12.8. The van der Waals surface area contributed by atoms with Gasteiger partial charge < -0.3 is 9.73 Å². The lowest BCUT2D eigenvalue weighted by molar-refractivity contribution is -0.116. The molecule has 0 aliphatic heterocycles. The second-order valence-corrected chi connectivity index (χ2v) is 7.07. The summed E-state index contributed by atoms with van der Waals surface area (Å²) in [6.07, 6.45) is 3.06. The number of carbonyl (C=O) groups excluding carboxylic acids is 1. The van der Waals surface area contributed by atoms with E-state index in [2.05, 4.69) is 20.3 Å². The van der Waals surface area contributed by atoms with Gasteiger partial charge in [-0.3, -0.25) is 14.2 Å². The Morgan fingerprint density at radius 3 is 2.84 bits per heavy atom. The normalized spacial score (nSPS) is 11.1. The molecule has 3 heterocycles. The number of hydrogen-bond donors (Lipinski definition) is 1. The van der Waals surface area contributed by atoms with Crippen molar-refractivity contribution in [3.63, 3.8) is 0 Å². The van der Waals surface area contributed by atoms with Gasteiger partial charge >= 0.3 is 0 Å². The Hall–Kier alpha value is -4.33. The first kappa shape index (κ1) is 18.7. The van der Waals surface area contributed by atoms with Gasteiger partial charge in [-0.2, -0.15) is 0 Å². The van der Waals surface area contributed by atoms with Crippen molar-refractivity contribution in [2.75, 3.05) is 5.32 Å². The monoisotopic (exact) mass is 411 g/mol. The molecule has 0 saturated heterocycles. The fraction of sp³-hybridized carbons (Fsp3) is 0.0870. The molecule has 5 aromatic rings. The van der Waals surface area contributed by atoms with Crippen molar-refractivity contribution >= 4 is 33.7 Å². The summed E-state index contributed by atoms with van der Waals surface area (Å²) in [6.45, 7) is 1.63. The smallest absolute Gasteiger partial charge is 0.297 e. The van der Waals surface area contributed by atoms with E-state index < -0.39 is 5.56 Å². The van der Waals surface area contributed by atoms with Crippen molar-refractivity contribution in [1.82, 2.24) is 19.5 Å². The molecule has 0 atom stereocenters. The second-order valence-electron chi connectivity index (χ2n) is 7.07. The Morgan fingerprint density at radius 2 is 1.97 bits per heavy atom. The molecule has 1 amide bonds. The van der Waals surface area contributed by atoms with E-state index in [0.29, 0.717) is 22.6 Å². The Kier molecular flexibility index (Phi) is 4.51. The molecule has 2 aromatic carbocycles. The van der Waals surface area contributed by atoms with Gasteiger partial charge in [-0.05, 0) is 37.3 Å². The van der Waals surface area contributed by atoms with Gasteiger partial charge in [-0.25, -0.2) is 15.0 Å². The van der Waals surface area contributed by atoms with E-state index in [4.69, 9.17) is 4.42 Å². The molecule has 0 spiro atoms. The van der Waals surface area contributed by atoms with Crippen LogP contribution in [0.4, 0.5) is 5.69 Å². The summed E-state index contributed by atoms with van der Waals surface area (Å²) in [4.78, 5) is 38.2. The van der Waals surface area contributed by atoms with E-state index in [1.807, 2.05) is 49.4 Å². The molecule has 1 N–H and O–H groups in total. The van der Waals surface area contributed by atoms with Crippen LogP contribution in [0.2, 0.25) is 0 Å². The zero-order valence-electron chi connectivity index (χ0n) is 16.6. The third-order valence-electron chi connectivity index (χ3n) is 4.88. The van der Waals surface area contributed by atoms with Crippen molar-refractivity contribution < 1.29 is 9.21 Å². The molecule has 8 heteroatoms. The van der Waals surface area contributed by atoms with E-state index in [1.165, 1.54) is 10.9 Å². The molecule has 0 aliphatic rings. The molecule has 0 unspecified atom stereocenters. The molecular formula is C23H17N5O3. The molecule has 152 valence electrons. The maximum absolute atomic E-state index is 12.8. The number of hydrogen-bond acceptors (Lipinski definition) is 6. The fourth-order valence-electron chi connectivity index (χ4n) is 3.46. The van der Waals surface area contributed by atoms with Gasteiger partial charge in [0.15, 0.2) is 0 Å². The molecule has 8 nitrogen and oxygen atoms in total. The number of nitrogens with zero attached hydrogens (tertiary/aromatic N) is 4. The van der Waals surface area contributed by atoms with Crippen LogP contribution in [0.25, 0.3) is 33.3 Å². The number of aryl methyl sites for hydroxylation is 1. The molecule has 0 radical (unpaired) electrons. The van der Waals surface area contributed by atoms with Crippen molar-refractivity contribution in [1.29, 1.82) is 0 Å². The summed E-state index contributed by atoms with van der Waals surface area (Å²) in [5.41, 5.74) is 3.03. The number of anilines is 1. The molecule has 3 aromatic heterocycles. The van der Waals surface area contributed by atoms with Crippen LogP contribution < -0.4 is 10.9 Å². The van der Waals surface area contributed by atoms with Gasteiger partial charge in [0.05, 0.1) is 12.0 Å². The van der Waals surface area contributed by atoms with Crippen LogP contribution in [0.5, 0.6) is 0 Å². The number of benzene rings is 2. The first-order chi connectivity index (χ1) is 15.1. The van der Waals surface area contributed by atoms with Gasteiger partial charge in [0.2, 0.25) is 11.5 Å². The number of furan rings is 1. The summed E-state index contributed by atoms with van der Waals surface area (Å²) in [7, 11) is 0. The SMILES string of the molecule is Cc1nccc(-c2cccc(NC(=O)Cn3cnc4c(oc5ccccc54)c3=O)c2)n1. The maximum Gasteiger partial charge on any atom is 0.297 e. The van der Waals surface area contributed by atoms with Gasteiger partial charge in [0, 0.05) is 22.8 Å². The Labute approximate surface area is 176 Å².